The average Bonchev–Trinajstić information content (AvgIpc) is 3.13. The number of hydrogen-bond donors (Lipinski definition) is 1. The van der Waals surface area contributed by atoms with Gasteiger partial charge in [-0.05, 0) is 74.8 Å². The van der Waals surface area contributed by atoms with Gasteiger partial charge < -0.3 is 14.5 Å². The highest BCUT2D eigenvalue weighted by atomic mass is 32.2. The van der Waals surface area contributed by atoms with Crippen LogP contribution in [-0.4, -0.2) is 48.1 Å². The van der Waals surface area contributed by atoms with E-state index in [1.165, 1.54) is 30.9 Å². The molecule has 1 aromatic heterocycles. The van der Waals surface area contributed by atoms with Crippen LogP contribution in [0.15, 0.2) is 45.1 Å². The number of piperidine rings is 3. The van der Waals surface area contributed by atoms with Crippen molar-refractivity contribution in [2.45, 2.75) is 42.0 Å². The van der Waals surface area contributed by atoms with Gasteiger partial charge in [-0.1, -0.05) is 0 Å². The van der Waals surface area contributed by atoms with Gasteiger partial charge in [-0.3, -0.25) is 9.69 Å². The molecule has 0 spiro atoms. The standard InChI is InChI=1S/C19H23N3O3S/c1-12-17(13-7-9-22(12)10-8-13)21-18(23)14-3-5-15(6-4-14)26-19-20-16(24-2)11-25-19/h3-6,11-13,17H,7-10H2,1-2H3,(H,21,23)/t12-,17-/m0/s1. The fourth-order valence-electron chi connectivity index (χ4n) is 3.94. The van der Waals surface area contributed by atoms with Gasteiger partial charge in [0.25, 0.3) is 17.0 Å². The molecule has 2 aromatic rings. The molecule has 138 valence electrons. The van der Waals surface area contributed by atoms with Crippen LogP contribution in [0.1, 0.15) is 30.1 Å². The molecule has 0 radical (unpaired) electrons. The minimum atomic E-state index is 0.00458. The number of nitrogens with zero attached hydrogens (tertiary/aromatic N) is 2. The molecule has 0 saturated carbocycles. The van der Waals surface area contributed by atoms with Crippen LogP contribution in [0, 0.1) is 5.92 Å². The third-order valence-corrected chi connectivity index (χ3v) is 6.34. The Bertz CT molecular complexity index is 767. The lowest BCUT2D eigenvalue weighted by molar-refractivity contribution is 0.0217. The van der Waals surface area contributed by atoms with E-state index in [1.54, 1.807) is 7.11 Å². The first kappa shape index (κ1) is 17.4. The van der Waals surface area contributed by atoms with Crippen molar-refractivity contribution in [2.24, 2.45) is 5.92 Å². The molecule has 3 fully saturated rings. The number of nitrogens with one attached hydrogen (secondary N) is 1. The highest BCUT2D eigenvalue weighted by Crippen LogP contribution is 2.32. The van der Waals surface area contributed by atoms with E-state index in [9.17, 15) is 4.79 Å². The number of carbonyl (C=O) groups is 1. The summed E-state index contributed by atoms with van der Waals surface area (Å²) in [5, 5.41) is 3.78. The van der Waals surface area contributed by atoms with Crippen LogP contribution < -0.4 is 10.1 Å². The van der Waals surface area contributed by atoms with Crippen LogP contribution in [0.3, 0.4) is 0 Å². The van der Waals surface area contributed by atoms with Gasteiger partial charge in [0, 0.05) is 22.5 Å². The first-order chi connectivity index (χ1) is 12.6. The van der Waals surface area contributed by atoms with Crippen LogP contribution in [0.4, 0.5) is 0 Å². The summed E-state index contributed by atoms with van der Waals surface area (Å²) in [4.78, 5) is 20.3. The van der Waals surface area contributed by atoms with Crippen molar-refractivity contribution in [1.82, 2.24) is 15.2 Å². The maximum absolute atomic E-state index is 12.7. The van der Waals surface area contributed by atoms with Crippen LogP contribution >= 0.6 is 11.8 Å². The molecule has 4 heterocycles. The van der Waals surface area contributed by atoms with Crippen molar-refractivity contribution < 1.29 is 13.9 Å². The van der Waals surface area contributed by atoms with E-state index >= 15 is 0 Å². The number of amides is 1. The second-order valence-electron chi connectivity index (χ2n) is 6.90. The van der Waals surface area contributed by atoms with E-state index < -0.39 is 0 Å². The lowest BCUT2D eigenvalue weighted by Crippen LogP contribution is -2.62. The Hall–Kier alpha value is -1.99. The SMILES string of the molecule is COc1coc(Sc2ccc(C(=O)N[C@@H]3C4CCN(CC4)[C@H]3C)cc2)n1. The molecular formula is C19H23N3O3S. The van der Waals surface area contributed by atoms with E-state index in [0.29, 0.717) is 28.6 Å². The van der Waals surface area contributed by atoms with Crippen LogP contribution in [0.5, 0.6) is 5.88 Å². The Balaban J connectivity index is 1.39. The number of aromatic nitrogens is 1. The van der Waals surface area contributed by atoms with E-state index in [2.05, 4.69) is 22.1 Å². The molecule has 3 saturated heterocycles. The number of carbonyl (C=O) groups excluding carboxylic acids is 1. The number of oxazole rings is 1. The summed E-state index contributed by atoms with van der Waals surface area (Å²) >= 11 is 1.39. The molecule has 1 N–H and O–H groups in total. The molecule has 2 bridgehead atoms. The van der Waals surface area contributed by atoms with Crippen molar-refractivity contribution in [2.75, 3.05) is 20.2 Å². The molecule has 0 aliphatic carbocycles. The number of hydrogen-bond acceptors (Lipinski definition) is 6. The summed E-state index contributed by atoms with van der Waals surface area (Å²) in [5.41, 5.74) is 0.683. The van der Waals surface area contributed by atoms with Gasteiger partial charge in [-0.2, -0.15) is 4.98 Å². The molecule has 3 aliphatic heterocycles. The van der Waals surface area contributed by atoms with Crippen molar-refractivity contribution >= 4 is 17.7 Å². The maximum Gasteiger partial charge on any atom is 0.263 e. The highest BCUT2D eigenvalue weighted by molar-refractivity contribution is 7.99. The fourth-order valence-corrected chi connectivity index (χ4v) is 4.64. The van der Waals surface area contributed by atoms with E-state index in [1.807, 2.05) is 24.3 Å². The smallest absolute Gasteiger partial charge is 0.263 e. The first-order valence-electron chi connectivity index (χ1n) is 8.96. The largest absolute Gasteiger partial charge is 0.479 e. The van der Waals surface area contributed by atoms with Gasteiger partial charge in [0.05, 0.1) is 7.11 Å². The Morgan fingerprint density at radius 1 is 1.31 bits per heavy atom. The Kier molecular flexibility index (Phi) is 4.91. The van der Waals surface area contributed by atoms with Gasteiger partial charge in [0.2, 0.25) is 0 Å². The molecule has 2 atom stereocenters. The Morgan fingerprint density at radius 2 is 2.04 bits per heavy atom. The topological polar surface area (TPSA) is 67.6 Å². The van der Waals surface area contributed by atoms with E-state index in [-0.39, 0.29) is 11.9 Å². The van der Waals surface area contributed by atoms with Gasteiger partial charge in [-0.25, -0.2) is 0 Å². The fraction of sp³-hybridized carbons (Fsp3) is 0.474. The summed E-state index contributed by atoms with van der Waals surface area (Å²) in [7, 11) is 1.55. The zero-order valence-corrected chi connectivity index (χ0v) is 15.8. The Labute approximate surface area is 157 Å². The third-order valence-electron chi connectivity index (χ3n) is 5.47. The first-order valence-corrected chi connectivity index (χ1v) is 9.78. The molecule has 6 nitrogen and oxygen atoms in total. The quantitative estimate of drug-likeness (QED) is 0.869. The molecule has 7 heteroatoms. The Morgan fingerprint density at radius 3 is 2.65 bits per heavy atom. The predicted molar refractivity (Wildman–Crippen MR) is 98.6 cm³/mol. The van der Waals surface area contributed by atoms with E-state index in [0.717, 1.165) is 18.0 Å². The number of methoxy groups -OCH3 is 1. The summed E-state index contributed by atoms with van der Waals surface area (Å²) in [5.74, 6) is 1.06. The van der Waals surface area contributed by atoms with Crippen molar-refractivity contribution in [3.63, 3.8) is 0 Å². The highest BCUT2D eigenvalue weighted by Gasteiger charge is 2.40. The lowest BCUT2D eigenvalue weighted by Gasteiger charge is -2.49. The summed E-state index contributed by atoms with van der Waals surface area (Å²) < 4.78 is 10.3. The van der Waals surface area contributed by atoms with E-state index in [4.69, 9.17) is 9.15 Å². The summed E-state index contributed by atoms with van der Waals surface area (Å²) in [6.07, 6.45) is 3.84. The zero-order valence-electron chi connectivity index (χ0n) is 15.0. The van der Waals surface area contributed by atoms with Crippen LogP contribution in [-0.2, 0) is 0 Å². The van der Waals surface area contributed by atoms with Crippen molar-refractivity contribution in [3.05, 3.63) is 36.1 Å². The minimum Gasteiger partial charge on any atom is -0.479 e. The molecule has 26 heavy (non-hydrogen) atoms. The number of benzene rings is 1. The monoisotopic (exact) mass is 373 g/mol. The van der Waals surface area contributed by atoms with Gasteiger partial charge in [-0.15, -0.1) is 0 Å². The van der Waals surface area contributed by atoms with Gasteiger partial charge in [0.15, 0.2) is 6.26 Å². The zero-order chi connectivity index (χ0) is 18.1. The number of fused-ring (bicyclic) bond motifs is 3. The molecule has 1 amide bonds. The summed E-state index contributed by atoms with van der Waals surface area (Å²) in [6.45, 7) is 4.55. The van der Waals surface area contributed by atoms with Gasteiger partial charge >= 0.3 is 0 Å². The minimum absolute atomic E-state index is 0.00458. The molecule has 3 aliphatic rings. The molecular weight excluding hydrogens is 350 g/mol. The second kappa shape index (κ2) is 7.32. The lowest BCUT2D eigenvalue weighted by atomic mass is 9.79. The van der Waals surface area contributed by atoms with Crippen molar-refractivity contribution in [1.29, 1.82) is 0 Å². The predicted octanol–water partition coefficient (Wildman–Crippen LogP) is 3.05. The second-order valence-corrected chi connectivity index (χ2v) is 7.92. The van der Waals surface area contributed by atoms with Crippen LogP contribution in [0.25, 0.3) is 0 Å². The number of rotatable bonds is 5. The molecule has 1 aromatic carbocycles. The summed E-state index contributed by atoms with van der Waals surface area (Å²) in [6, 6.07) is 8.19. The molecule has 0 unspecified atom stereocenters. The van der Waals surface area contributed by atoms with Gasteiger partial charge in [0.1, 0.15) is 0 Å². The van der Waals surface area contributed by atoms with Crippen LogP contribution in [0.2, 0.25) is 0 Å². The third kappa shape index (κ3) is 3.46. The average molecular weight is 373 g/mol. The van der Waals surface area contributed by atoms with Crippen molar-refractivity contribution in [3.8, 4) is 5.88 Å². The maximum atomic E-state index is 12.7. The number of ether oxygens (including phenoxy) is 1. The normalized spacial score (nSPS) is 27.3. The molecule has 5 rings (SSSR count).